The minimum absolute atomic E-state index is 0.0721. The van der Waals surface area contributed by atoms with E-state index in [1.54, 1.807) is 0 Å². The van der Waals surface area contributed by atoms with Crippen LogP contribution >= 0.6 is 0 Å². The predicted molar refractivity (Wildman–Crippen MR) is 74.7 cm³/mol. The van der Waals surface area contributed by atoms with Crippen molar-refractivity contribution in [1.82, 2.24) is 4.98 Å². The first-order valence-corrected chi connectivity index (χ1v) is 6.93. The maximum Gasteiger partial charge on any atom is 0.128 e. The molecule has 0 radical (unpaired) electrons. The molecule has 1 aliphatic carbocycles. The first-order valence-electron chi connectivity index (χ1n) is 6.93. The van der Waals surface area contributed by atoms with Crippen LogP contribution in [0.5, 0.6) is 0 Å². The average Bonchev–Trinajstić information content (AvgIpc) is 2.38. The SMILES string of the molecule is Cc1nc(N(C)C2CCCCC2C)ccc1CO. The molecule has 0 amide bonds. The van der Waals surface area contributed by atoms with Gasteiger partial charge in [0.15, 0.2) is 0 Å². The molecule has 1 heterocycles. The van der Waals surface area contributed by atoms with Gasteiger partial charge < -0.3 is 10.0 Å². The first-order chi connectivity index (χ1) is 8.63. The second kappa shape index (κ2) is 5.70. The van der Waals surface area contributed by atoms with Crippen molar-refractivity contribution in [1.29, 1.82) is 0 Å². The number of hydrogen-bond acceptors (Lipinski definition) is 3. The number of anilines is 1. The van der Waals surface area contributed by atoms with Gasteiger partial charge in [-0.3, -0.25) is 0 Å². The molecule has 18 heavy (non-hydrogen) atoms. The molecule has 2 unspecified atom stereocenters. The molecule has 0 aromatic carbocycles. The van der Waals surface area contributed by atoms with E-state index in [0.717, 1.165) is 23.0 Å². The van der Waals surface area contributed by atoms with Crippen molar-refractivity contribution < 1.29 is 5.11 Å². The summed E-state index contributed by atoms with van der Waals surface area (Å²) in [6.07, 6.45) is 5.28. The Morgan fingerprint density at radius 1 is 1.33 bits per heavy atom. The van der Waals surface area contributed by atoms with Gasteiger partial charge in [0.2, 0.25) is 0 Å². The van der Waals surface area contributed by atoms with Crippen LogP contribution in [0.4, 0.5) is 5.82 Å². The van der Waals surface area contributed by atoms with E-state index in [2.05, 4.69) is 23.9 Å². The number of aliphatic hydroxyl groups is 1. The van der Waals surface area contributed by atoms with E-state index in [4.69, 9.17) is 0 Å². The Morgan fingerprint density at radius 3 is 2.67 bits per heavy atom. The van der Waals surface area contributed by atoms with Gasteiger partial charge in [-0.05, 0) is 37.3 Å². The van der Waals surface area contributed by atoms with Crippen molar-refractivity contribution in [3.8, 4) is 0 Å². The molecule has 2 rings (SSSR count). The van der Waals surface area contributed by atoms with Gasteiger partial charge in [-0.1, -0.05) is 25.8 Å². The minimum atomic E-state index is 0.0721. The van der Waals surface area contributed by atoms with Crippen LogP contribution in [0.3, 0.4) is 0 Å². The smallest absolute Gasteiger partial charge is 0.128 e. The third kappa shape index (κ3) is 2.66. The predicted octanol–water partition coefficient (Wildman–Crippen LogP) is 2.90. The van der Waals surface area contributed by atoms with Gasteiger partial charge in [-0.15, -0.1) is 0 Å². The van der Waals surface area contributed by atoms with E-state index in [0.29, 0.717) is 6.04 Å². The van der Waals surface area contributed by atoms with Crippen LogP contribution in [0.2, 0.25) is 0 Å². The highest BCUT2D eigenvalue weighted by atomic mass is 16.3. The highest BCUT2D eigenvalue weighted by Crippen LogP contribution is 2.29. The van der Waals surface area contributed by atoms with Crippen molar-refractivity contribution in [3.63, 3.8) is 0 Å². The van der Waals surface area contributed by atoms with Crippen LogP contribution in [0, 0.1) is 12.8 Å². The van der Waals surface area contributed by atoms with Crippen LogP contribution in [0.15, 0.2) is 12.1 Å². The number of aliphatic hydroxyl groups excluding tert-OH is 1. The second-order valence-corrected chi connectivity index (χ2v) is 5.51. The molecule has 3 heteroatoms. The first kappa shape index (κ1) is 13.3. The molecule has 1 N–H and O–H groups in total. The number of aryl methyl sites for hydroxylation is 1. The summed E-state index contributed by atoms with van der Waals surface area (Å²) < 4.78 is 0. The molecule has 3 nitrogen and oxygen atoms in total. The molecule has 1 fully saturated rings. The largest absolute Gasteiger partial charge is 0.392 e. The Morgan fingerprint density at radius 2 is 2.06 bits per heavy atom. The Labute approximate surface area is 110 Å². The summed E-state index contributed by atoms with van der Waals surface area (Å²) in [7, 11) is 2.15. The lowest BCUT2D eigenvalue weighted by molar-refractivity contribution is 0.280. The number of pyridine rings is 1. The van der Waals surface area contributed by atoms with E-state index >= 15 is 0 Å². The van der Waals surface area contributed by atoms with Gasteiger partial charge in [0, 0.05) is 18.8 Å². The van der Waals surface area contributed by atoms with Gasteiger partial charge >= 0.3 is 0 Å². The molecule has 0 spiro atoms. The van der Waals surface area contributed by atoms with Crippen molar-refractivity contribution in [2.75, 3.05) is 11.9 Å². The van der Waals surface area contributed by atoms with Crippen LogP contribution in [0.1, 0.15) is 43.9 Å². The van der Waals surface area contributed by atoms with Crippen molar-refractivity contribution >= 4 is 5.82 Å². The lowest BCUT2D eigenvalue weighted by Crippen LogP contribution is -2.39. The Kier molecular flexibility index (Phi) is 4.23. The standard InChI is InChI=1S/C15H24N2O/c1-11-6-4-5-7-14(11)17(3)15-9-8-13(10-18)12(2)16-15/h8-9,11,14,18H,4-7,10H2,1-3H3. The Hall–Kier alpha value is -1.09. The summed E-state index contributed by atoms with van der Waals surface area (Å²) in [5.41, 5.74) is 1.86. The number of hydrogen-bond donors (Lipinski definition) is 1. The summed E-state index contributed by atoms with van der Waals surface area (Å²) in [6, 6.07) is 4.62. The average molecular weight is 248 g/mol. The summed E-state index contributed by atoms with van der Waals surface area (Å²) >= 11 is 0. The van der Waals surface area contributed by atoms with E-state index < -0.39 is 0 Å². The van der Waals surface area contributed by atoms with Gasteiger partial charge in [0.05, 0.1) is 6.61 Å². The van der Waals surface area contributed by atoms with Gasteiger partial charge in [-0.25, -0.2) is 4.98 Å². The van der Waals surface area contributed by atoms with Gasteiger partial charge in [-0.2, -0.15) is 0 Å². The molecule has 1 aliphatic rings. The minimum Gasteiger partial charge on any atom is -0.392 e. The normalized spacial score (nSPS) is 24.0. The maximum absolute atomic E-state index is 9.19. The fraction of sp³-hybridized carbons (Fsp3) is 0.667. The van der Waals surface area contributed by atoms with Crippen LogP contribution in [-0.2, 0) is 6.61 Å². The Bertz CT molecular complexity index is 405. The quantitative estimate of drug-likeness (QED) is 0.893. The Balaban J connectivity index is 2.17. The lowest BCUT2D eigenvalue weighted by Gasteiger charge is -2.37. The van der Waals surface area contributed by atoms with Crippen LogP contribution in [0.25, 0.3) is 0 Å². The topological polar surface area (TPSA) is 36.4 Å². The zero-order valence-corrected chi connectivity index (χ0v) is 11.7. The van der Waals surface area contributed by atoms with Crippen molar-refractivity contribution in [3.05, 3.63) is 23.4 Å². The highest BCUT2D eigenvalue weighted by Gasteiger charge is 2.25. The third-order valence-corrected chi connectivity index (χ3v) is 4.28. The number of nitrogens with zero attached hydrogens (tertiary/aromatic N) is 2. The van der Waals surface area contributed by atoms with Crippen LogP contribution < -0.4 is 4.90 Å². The fourth-order valence-corrected chi connectivity index (χ4v) is 2.98. The van der Waals surface area contributed by atoms with E-state index in [-0.39, 0.29) is 6.61 Å². The van der Waals surface area contributed by atoms with Gasteiger partial charge in [0.25, 0.3) is 0 Å². The molecule has 0 saturated heterocycles. The molecule has 1 aromatic heterocycles. The lowest BCUT2D eigenvalue weighted by atomic mass is 9.85. The molecule has 100 valence electrons. The fourth-order valence-electron chi connectivity index (χ4n) is 2.98. The van der Waals surface area contributed by atoms with E-state index in [1.165, 1.54) is 25.7 Å². The van der Waals surface area contributed by atoms with E-state index in [9.17, 15) is 5.11 Å². The molecular weight excluding hydrogens is 224 g/mol. The highest BCUT2D eigenvalue weighted by molar-refractivity contribution is 5.42. The number of aromatic nitrogens is 1. The molecule has 0 aliphatic heterocycles. The summed E-state index contributed by atoms with van der Waals surface area (Å²) in [5, 5.41) is 9.19. The molecule has 1 aromatic rings. The zero-order valence-electron chi connectivity index (χ0n) is 11.7. The molecular formula is C15H24N2O. The number of rotatable bonds is 3. The van der Waals surface area contributed by atoms with Crippen LogP contribution in [-0.4, -0.2) is 23.2 Å². The van der Waals surface area contributed by atoms with Crippen molar-refractivity contribution in [2.45, 2.75) is 52.2 Å². The second-order valence-electron chi connectivity index (χ2n) is 5.51. The van der Waals surface area contributed by atoms with Crippen molar-refractivity contribution in [2.24, 2.45) is 5.92 Å². The van der Waals surface area contributed by atoms with Gasteiger partial charge in [0.1, 0.15) is 5.82 Å². The molecule has 2 atom stereocenters. The summed E-state index contributed by atoms with van der Waals surface area (Å²) in [6.45, 7) is 4.38. The third-order valence-electron chi connectivity index (χ3n) is 4.28. The zero-order chi connectivity index (χ0) is 13.1. The van der Waals surface area contributed by atoms with E-state index in [1.807, 2.05) is 19.1 Å². The summed E-state index contributed by atoms with van der Waals surface area (Å²) in [5.74, 6) is 1.77. The maximum atomic E-state index is 9.19. The summed E-state index contributed by atoms with van der Waals surface area (Å²) in [4.78, 5) is 6.94. The molecule has 1 saturated carbocycles. The molecule has 0 bridgehead atoms. The monoisotopic (exact) mass is 248 g/mol.